The van der Waals surface area contributed by atoms with Gasteiger partial charge in [0.1, 0.15) is 0 Å². The smallest absolute Gasteiger partial charge is 0.317 e. The van der Waals surface area contributed by atoms with Crippen LogP contribution < -0.4 is 5.32 Å². The number of nitrogens with zero attached hydrogens (tertiary/aromatic N) is 1. The molecule has 3 rings (SSSR count). The van der Waals surface area contributed by atoms with E-state index in [-0.39, 0.29) is 18.0 Å². The number of likely N-dealkylation sites (tertiary alicyclic amines) is 1. The van der Waals surface area contributed by atoms with Crippen molar-refractivity contribution in [2.45, 2.75) is 32.6 Å². The van der Waals surface area contributed by atoms with E-state index in [0.717, 1.165) is 6.42 Å². The van der Waals surface area contributed by atoms with Gasteiger partial charge < -0.3 is 15.3 Å². The van der Waals surface area contributed by atoms with Gasteiger partial charge in [-0.25, -0.2) is 4.79 Å². The molecule has 2 aliphatic rings. The molecule has 1 saturated carbocycles. The fourth-order valence-corrected chi connectivity index (χ4v) is 3.51. The molecule has 1 heterocycles. The van der Waals surface area contributed by atoms with Crippen LogP contribution in [0.3, 0.4) is 0 Å². The number of hydrogen-bond acceptors (Lipinski definition) is 2. The van der Waals surface area contributed by atoms with Gasteiger partial charge in [0.2, 0.25) is 0 Å². The topological polar surface area (TPSA) is 69.6 Å². The standard InChI is InChI=1S/C18H24N2O3/c1-17(15(21)22)8-9-20(12-17)16(23)19-11-18(2)10-14(18)13-6-4-3-5-7-13/h3-7,14H,8-12H2,1-2H3,(H,19,23)(H,21,22)/t14-,17?,18-/m0/s1. The van der Waals surface area contributed by atoms with Crippen LogP contribution >= 0.6 is 0 Å². The molecule has 1 unspecified atom stereocenters. The summed E-state index contributed by atoms with van der Waals surface area (Å²) < 4.78 is 0. The summed E-state index contributed by atoms with van der Waals surface area (Å²) in [5.74, 6) is -0.335. The monoisotopic (exact) mass is 316 g/mol. The lowest BCUT2D eigenvalue weighted by atomic mass is 9.90. The van der Waals surface area contributed by atoms with Gasteiger partial charge in [0.05, 0.1) is 5.41 Å². The minimum absolute atomic E-state index is 0.104. The zero-order valence-corrected chi connectivity index (χ0v) is 13.7. The first-order chi connectivity index (χ1) is 10.8. The number of carbonyl (C=O) groups is 2. The Kier molecular flexibility index (Phi) is 3.82. The van der Waals surface area contributed by atoms with E-state index in [0.29, 0.717) is 25.4 Å². The Bertz CT molecular complexity index is 618. The third kappa shape index (κ3) is 3.05. The van der Waals surface area contributed by atoms with Gasteiger partial charge in [-0.1, -0.05) is 37.3 Å². The highest BCUT2D eigenvalue weighted by atomic mass is 16.4. The van der Waals surface area contributed by atoms with E-state index in [9.17, 15) is 14.7 Å². The molecule has 5 heteroatoms. The van der Waals surface area contributed by atoms with Crippen LogP contribution in [0, 0.1) is 10.8 Å². The number of rotatable bonds is 4. The summed E-state index contributed by atoms with van der Waals surface area (Å²) >= 11 is 0. The summed E-state index contributed by atoms with van der Waals surface area (Å²) in [5.41, 5.74) is 0.615. The number of nitrogens with one attached hydrogen (secondary N) is 1. The van der Waals surface area contributed by atoms with Crippen molar-refractivity contribution in [3.8, 4) is 0 Å². The van der Waals surface area contributed by atoms with Crippen LogP contribution in [-0.2, 0) is 4.79 Å². The van der Waals surface area contributed by atoms with Gasteiger partial charge in [-0.05, 0) is 36.7 Å². The molecule has 1 aliphatic heterocycles. The summed E-state index contributed by atoms with van der Waals surface area (Å²) in [5, 5.41) is 12.2. The predicted molar refractivity (Wildman–Crippen MR) is 87.2 cm³/mol. The van der Waals surface area contributed by atoms with Crippen LogP contribution in [0.5, 0.6) is 0 Å². The van der Waals surface area contributed by atoms with Crippen molar-refractivity contribution in [1.29, 1.82) is 0 Å². The molecule has 2 N–H and O–H groups in total. The molecule has 1 aromatic carbocycles. The van der Waals surface area contributed by atoms with Crippen molar-refractivity contribution in [3.63, 3.8) is 0 Å². The average molecular weight is 316 g/mol. The molecule has 0 aromatic heterocycles. The van der Waals surface area contributed by atoms with Crippen LogP contribution in [0.4, 0.5) is 4.79 Å². The molecule has 124 valence electrons. The van der Waals surface area contributed by atoms with Crippen molar-refractivity contribution < 1.29 is 14.7 Å². The number of benzene rings is 1. The van der Waals surface area contributed by atoms with E-state index in [1.54, 1.807) is 11.8 Å². The number of hydrogen-bond donors (Lipinski definition) is 2. The first-order valence-corrected chi connectivity index (χ1v) is 8.15. The summed E-state index contributed by atoms with van der Waals surface area (Å²) in [6, 6.07) is 10.2. The summed E-state index contributed by atoms with van der Waals surface area (Å²) in [6.07, 6.45) is 1.59. The van der Waals surface area contributed by atoms with E-state index < -0.39 is 11.4 Å². The first-order valence-electron chi connectivity index (χ1n) is 8.15. The Morgan fingerprint density at radius 1 is 1.30 bits per heavy atom. The van der Waals surface area contributed by atoms with E-state index in [2.05, 4.69) is 24.4 Å². The average Bonchev–Trinajstić information content (AvgIpc) is 3.04. The zero-order chi connectivity index (χ0) is 16.7. The lowest BCUT2D eigenvalue weighted by Gasteiger charge is -2.22. The van der Waals surface area contributed by atoms with E-state index in [1.165, 1.54) is 5.56 Å². The Morgan fingerprint density at radius 2 is 2.00 bits per heavy atom. The Hall–Kier alpha value is -2.04. The lowest BCUT2D eigenvalue weighted by Crippen LogP contribution is -2.42. The lowest BCUT2D eigenvalue weighted by molar-refractivity contribution is -0.147. The van der Waals surface area contributed by atoms with Crippen molar-refractivity contribution >= 4 is 12.0 Å². The SMILES string of the molecule is CC1(C(=O)O)CCN(C(=O)NC[C@]2(C)C[C@H]2c2ccccc2)C1. The Balaban J connectivity index is 1.52. The van der Waals surface area contributed by atoms with Gasteiger partial charge >= 0.3 is 12.0 Å². The molecular weight excluding hydrogens is 292 g/mol. The van der Waals surface area contributed by atoms with Gasteiger partial charge in [-0.2, -0.15) is 0 Å². The molecule has 0 spiro atoms. The second kappa shape index (κ2) is 5.55. The molecule has 2 fully saturated rings. The molecule has 0 bridgehead atoms. The maximum atomic E-state index is 12.3. The van der Waals surface area contributed by atoms with Gasteiger partial charge in [0, 0.05) is 19.6 Å². The quantitative estimate of drug-likeness (QED) is 0.897. The number of urea groups is 1. The van der Waals surface area contributed by atoms with Crippen LogP contribution in [-0.4, -0.2) is 41.6 Å². The van der Waals surface area contributed by atoms with Crippen LogP contribution in [0.1, 0.15) is 38.2 Å². The van der Waals surface area contributed by atoms with E-state index in [4.69, 9.17) is 0 Å². The number of carbonyl (C=O) groups excluding carboxylic acids is 1. The molecule has 3 atom stereocenters. The Morgan fingerprint density at radius 3 is 2.61 bits per heavy atom. The van der Waals surface area contributed by atoms with Crippen LogP contribution in [0.15, 0.2) is 30.3 Å². The van der Waals surface area contributed by atoms with Gasteiger partial charge in [0.15, 0.2) is 0 Å². The summed E-state index contributed by atoms with van der Waals surface area (Å²) in [7, 11) is 0. The number of amides is 2. The predicted octanol–water partition coefficient (Wildman–Crippen LogP) is 2.69. The van der Waals surface area contributed by atoms with E-state index >= 15 is 0 Å². The zero-order valence-electron chi connectivity index (χ0n) is 13.7. The summed E-state index contributed by atoms with van der Waals surface area (Å²) in [4.78, 5) is 25.2. The van der Waals surface area contributed by atoms with Gasteiger partial charge in [-0.15, -0.1) is 0 Å². The fourth-order valence-electron chi connectivity index (χ4n) is 3.51. The molecule has 1 saturated heterocycles. The minimum Gasteiger partial charge on any atom is -0.481 e. The normalized spacial score (nSPS) is 32.6. The maximum Gasteiger partial charge on any atom is 0.317 e. The number of aliphatic carboxylic acids is 1. The highest BCUT2D eigenvalue weighted by Crippen LogP contribution is 2.58. The van der Waals surface area contributed by atoms with Crippen molar-refractivity contribution in [2.24, 2.45) is 10.8 Å². The number of carboxylic acid groups (broad SMARTS) is 1. The summed E-state index contributed by atoms with van der Waals surface area (Å²) in [6.45, 7) is 5.32. The molecule has 5 nitrogen and oxygen atoms in total. The van der Waals surface area contributed by atoms with Gasteiger partial charge in [0.25, 0.3) is 0 Å². The van der Waals surface area contributed by atoms with Crippen LogP contribution in [0.2, 0.25) is 0 Å². The largest absolute Gasteiger partial charge is 0.481 e. The molecule has 23 heavy (non-hydrogen) atoms. The maximum absolute atomic E-state index is 12.3. The molecular formula is C18H24N2O3. The highest BCUT2D eigenvalue weighted by Gasteiger charge is 2.51. The highest BCUT2D eigenvalue weighted by molar-refractivity contribution is 5.79. The fraction of sp³-hybridized carbons (Fsp3) is 0.556. The molecule has 1 aliphatic carbocycles. The van der Waals surface area contributed by atoms with Crippen molar-refractivity contribution in [1.82, 2.24) is 10.2 Å². The molecule has 1 aromatic rings. The van der Waals surface area contributed by atoms with Gasteiger partial charge in [-0.3, -0.25) is 4.79 Å². The molecule has 0 radical (unpaired) electrons. The Labute approximate surface area is 136 Å². The van der Waals surface area contributed by atoms with Crippen molar-refractivity contribution in [2.75, 3.05) is 19.6 Å². The minimum atomic E-state index is -0.828. The number of carboxylic acids is 1. The first kappa shape index (κ1) is 15.8. The third-order valence-electron chi connectivity index (χ3n) is 5.47. The van der Waals surface area contributed by atoms with E-state index in [1.807, 2.05) is 18.2 Å². The third-order valence-corrected chi connectivity index (χ3v) is 5.47. The second-order valence-electron chi connectivity index (χ2n) is 7.52. The molecule has 2 amide bonds. The van der Waals surface area contributed by atoms with Crippen molar-refractivity contribution in [3.05, 3.63) is 35.9 Å². The second-order valence-corrected chi connectivity index (χ2v) is 7.52. The van der Waals surface area contributed by atoms with Crippen LogP contribution in [0.25, 0.3) is 0 Å².